The summed E-state index contributed by atoms with van der Waals surface area (Å²) >= 11 is 0. The highest BCUT2D eigenvalue weighted by Gasteiger charge is 2.44. The molecule has 1 aromatic carbocycles. The lowest BCUT2D eigenvalue weighted by Gasteiger charge is -2.26. The Balaban J connectivity index is 2.24. The predicted molar refractivity (Wildman–Crippen MR) is 87.7 cm³/mol. The Morgan fingerprint density at radius 1 is 1.28 bits per heavy atom. The Bertz CT molecular complexity index is 852. The molecule has 0 bridgehead atoms. The smallest absolute Gasteiger partial charge is 0.365 e. The zero-order valence-corrected chi connectivity index (χ0v) is 14.5. The van der Waals surface area contributed by atoms with E-state index in [1.54, 1.807) is 12.1 Å². The van der Waals surface area contributed by atoms with Gasteiger partial charge in [-0.05, 0) is 34.4 Å². The summed E-state index contributed by atoms with van der Waals surface area (Å²) < 4.78 is 40.7. The van der Waals surface area contributed by atoms with Crippen LogP contribution in [-0.4, -0.2) is 15.7 Å². The van der Waals surface area contributed by atoms with Crippen LogP contribution in [0.2, 0.25) is 0 Å². The van der Waals surface area contributed by atoms with Gasteiger partial charge in [-0.15, -0.1) is 0 Å². The molecule has 0 spiro atoms. The molecule has 7 heteroatoms. The third-order valence-corrected chi connectivity index (χ3v) is 5.62. The number of hydrogen-bond donors (Lipinski definition) is 1. The van der Waals surface area contributed by atoms with E-state index in [1.807, 2.05) is 6.07 Å². The second kappa shape index (κ2) is 5.34. The third kappa shape index (κ3) is 2.53. The second-order valence-electron chi connectivity index (χ2n) is 7.24. The molecule has 0 aliphatic heterocycles. The van der Waals surface area contributed by atoms with Crippen LogP contribution in [0.1, 0.15) is 60.8 Å². The quantitative estimate of drug-likeness (QED) is 0.888. The molecule has 0 fully saturated rings. The summed E-state index contributed by atoms with van der Waals surface area (Å²) in [5, 5.41) is 3.65. The first-order chi connectivity index (χ1) is 11.5. The minimum atomic E-state index is -4.74. The van der Waals surface area contributed by atoms with Crippen molar-refractivity contribution in [2.24, 2.45) is 11.7 Å². The lowest BCUT2D eigenvalue weighted by atomic mass is 9.78. The van der Waals surface area contributed by atoms with Crippen molar-refractivity contribution in [3.05, 3.63) is 46.8 Å². The lowest BCUT2D eigenvalue weighted by Crippen LogP contribution is -2.22. The van der Waals surface area contributed by atoms with E-state index in [-0.39, 0.29) is 11.3 Å². The number of carbonyl (C=O) groups is 1. The van der Waals surface area contributed by atoms with Gasteiger partial charge in [0, 0.05) is 6.20 Å². The Labute approximate surface area is 143 Å². The van der Waals surface area contributed by atoms with Crippen molar-refractivity contribution in [1.82, 2.24) is 9.78 Å². The van der Waals surface area contributed by atoms with E-state index in [1.165, 1.54) is 0 Å². The van der Waals surface area contributed by atoms with Gasteiger partial charge in [0.05, 0.1) is 11.3 Å². The zero-order valence-electron chi connectivity index (χ0n) is 14.5. The standard InChI is InChI=1S/C18H20F3N3O/c1-9-10(2)17(3,4)12-6-5-7-13(14(9)12)24-8-11(16(22)25)15(23-24)18(19,20)21/h5-10H,1-4H3,(H2,22,25). The fourth-order valence-corrected chi connectivity index (χ4v) is 3.80. The number of nitrogens with zero attached hydrogens (tertiary/aromatic N) is 2. The topological polar surface area (TPSA) is 60.9 Å². The summed E-state index contributed by atoms with van der Waals surface area (Å²) in [5.41, 5.74) is 5.75. The number of primary amides is 1. The van der Waals surface area contributed by atoms with Crippen molar-refractivity contribution >= 4 is 5.91 Å². The van der Waals surface area contributed by atoms with Crippen LogP contribution < -0.4 is 5.73 Å². The molecule has 2 aromatic rings. The van der Waals surface area contributed by atoms with E-state index in [2.05, 4.69) is 32.8 Å². The van der Waals surface area contributed by atoms with Crippen LogP contribution in [0.4, 0.5) is 13.2 Å². The monoisotopic (exact) mass is 351 g/mol. The molecule has 4 nitrogen and oxygen atoms in total. The average molecular weight is 351 g/mol. The van der Waals surface area contributed by atoms with Gasteiger partial charge in [0.25, 0.3) is 5.91 Å². The van der Waals surface area contributed by atoms with Crippen LogP contribution in [0.3, 0.4) is 0 Å². The Morgan fingerprint density at radius 3 is 2.44 bits per heavy atom. The van der Waals surface area contributed by atoms with Crippen LogP contribution in [0.15, 0.2) is 24.4 Å². The van der Waals surface area contributed by atoms with Crippen LogP contribution in [-0.2, 0) is 11.6 Å². The lowest BCUT2D eigenvalue weighted by molar-refractivity contribution is -0.141. The van der Waals surface area contributed by atoms with Crippen molar-refractivity contribution in [3.8, 4) is 5.69 Å². The molecular formula is C18H20F3N3O. The summed E-state index contributed by atoms with van der Waals surface area (Å²) in [6.07, 6.45) is -3.67. The highest BCUT2D eigenvalue weighted by Crippen LogP contribution is 2.51. The number of benzene rings is 1. The number of hydrogen-bond acceptors (Lipinski definition) is 2. The van der Waals surface area contributed by atoms with E-state index in [4.69, 9.17) is 5.73 Å². The summed E-state index contributed by atoms with van der Waals surface area (Å²) in [6.45, 7) is 8.45. The van der Waals surface area contributed by atoms with E-state index < -0.39 is 23.3 Å². The number of nitrogens with two attached hydrogens (primary N) is 1. The molecule has 1 heterocycles. The summed E-state index contributed by atoms with van der Waals surface area (Å²) in [7, 11) is 0. The maximum atomic E-state index is 13.2. The molecule has 25 heavy (non-hydrogen) atoms. The van der Waals surface area contributed by atoms with Gasteiger partial charge in [0.2, 0.25) is 0 Å². The van der Waals surface area contributed by atoms with Gasteiger partial charge in [-0.2, -0.15) is 18.3 Å². The molecule has 0 radical (unpaired) electrons. The average Bonchev–Trinajstić information content (AvgIpc) is 3.04. The minimum absolute atomic E-state index is 0.0999. The normalized spacial score (nSPS) is 22.0. The SMILES string of the molecule is CC1c2c(-n3cc(C(N)=O)c(C(F)(F)F)n3)cccc2C(C)(C)C1C. The fraction of sp³-hybridized carbons (Fsp3) is 0.444. The number of aromatic nitrogens is 2. The van der Waals surface area contributed by atoms with Crippen LogP contribution in [0.25, 0.3) is 5.69 Å². The van der Waals surface area contributed by atoms with Gasteiger partial charge < -0.3 is 5.73 Å². The third-order valence-electron chi connectivity index (χ3n) is 5.62. The number of amides is 1. The van der Waals surface area contributed by atoms with Crippen molar-refractivity contribution < 1.29 is 18.0 Å². The number of alkyl halides is 3. The molecule has 0 saturated heterocycles. The molecule has 134 valence electrons. The van der Waals surface area contributed by atoms with Gasteiger partial charge in [-0.3, -0.25) is 4.79 Å². The van der Waals surface area contributed by atoms with Crippen molar-refractivity contribution in [3.63, 3.8) is 0 Å². The fourth-order valence-electron chi connectivity index (χ4n) is 3.80. The molecular weight excluding hydrogens is 331 g/mol. The van der Waals surface area contributed by atoms with Gasteiger partial charge in [-0.1, -0.05) is 39.8 Å². The van der Waals surface area contributed by atoms with E-state index >= 15 is 0 Å². The molecule has 2 N–H and O–H groups in total. The predicted octanol–water partition coefficient (Wildman–Crippen LogP) is 4.02. The first kappa shape index (κ1) is 17.5. The molecule has 1 aromatic heterocycles. The Kier molecular flexibility index (Phi) is 3.74. The Hall–Kier alpha value is -2.31. The molecule has 1 aliphatic rings. The van der Waals surface area contributed by atoms with Crippen LogP contribution in [0, 0.1) is 5.92 Å². The van der Waals surface area contributed by atoms with Gasteiger partial charge in [0.15, 0.2) is 5.69 Å². The van der Waals surface area contributed by atoms with Gasteiger partial charge >= 0.3 is 6.18 Å². The number of rotatable bonds is 2. The van der Waals surface area contributed by atoms with Gasteiger partial charge in [0.1, 0.15) is 0 Å². The summed E-state index contributed by atoms with van der Waals surface area (Å²) in [6, 6.07) is 5.53. The molecule has 1 aliphatic carbocycles. The van der Waals surface area contributed by atoms with E-state index in [0.29, 0.717) is 11.6 Å². The van der Waals surface area contributed by atoms with Crippen molar-refractivity contribution in [2.45, 2.75) is 45.2 Å². The van der Waals surface area contributed by atoms with Crippen molar-refractivity contribution in [1.29, 1.82) is 0 Å². The van der Waals surface area contributed by atoms with Crippen LogP contribution in [0.5, 0.6) is 0 Å². The first-order valence-corrected chi connectivity index (χ1v) is 8.06. The number of carbonyl (C=O) groups excluding carboxylic acids is 1. The zero-order chi connectivity index (χ0) is 18.7. The molecule has 2 atom stereocenters. The largest absolute Gasteiger partial charge is 0.435 e. The second-order valence-corrected chi connectivity index (χ2v) is 7.24. The Morgan fingerprint density at radius 2 is 1.92 bits per heavy atom. The molecule has 3 rings (SSSR count). The highest BCUT2D eigenvalue weighted by molar-refractivity contribution is 5.94. The molecule has 0 saturated carbocycles. The first-order valence-electron chi connectivity index (χ1n) is 8.06. The van der Waals surface area contributed by atoms with Crippen LogP contribution >= 0.6 is 0 Å². The highest BCUT2D eigenvalue weighted by atomic mass is 19.4. The molecule has 1 amide bonds. The number of halogens is 3. The maximum absolute atomic E-state index is 13.2. The summed E-state index contributed by atoms with van der Waals surface area (Å²) in [5.74, 6) is -0.679. The van der Waals surface area contributed by atoms with Gasteiger partial charge in [-0.25, -0.2) is 4.68 Å². The van der Waals surface area contributed by atoms with E-state index in [9.17, 15) is 18.0 Å². The maximum Gasteiger partial charge on any atom is 0.435 e. The number of fused-ring (bicyclic) bond motifs is 1. The molecule has 2 unspecified atom stereocenters. The van der Waals surface area contributed by atoms with E-state index in [0.717, 1.165) is 22.0 Å². The minimum Gasteiger partial charge on any atom is -0.365 e. The summed E-state index contributed by atoms with van der Waals surface area (Å²) in [4.78, 5) is 11.4. The van der Waals surface area contributed by atoms with Crippen molar-refractivity contribution in [2.75, 3.05) is 0 Å².